The van der Waals surface area contributed by atoms with Crippen LogP contribution in [0.25, 0.3) is 0 Å². The van der Waals surface area contributed by atoms with E-state index >= 15 is 0 Å². The molecule has 0 saturated carbocycles. The molecule has 1 amide bonds. The van der Waals surface area contributed by atoms with E-state index in [4.69, 9.17) is 16.3 Å². The summed E-state index contributed by atoms with van der Waals surface area (Å²) in [7, 11) is 0. The molecule has 0 heterocycles. The van der Waals surface area contributed by atoms with E-state index in [0.717, 1.165) is 12.1 Å². The minimum Gasteiger partial charge on any atom is -0.478 e. The molecule has 9 heteroatoms. The number of amides is 1. The lowest BCUT2D eigenvalue weighted by Crippen LogP contribution is -2.40. The summed E-state index contributed by atoms with van der Waals surface area (Å²) < 4.78 is 43.7. The van der Waals surface area contributed by atoms with E-state index in [9.17, 15) is 27.9 Å². The van der Waals surface area contributed by atoms with Crippen molar-refractivity contribution in [2.45, 2.75) is 12.8 Å². The molecule has 0 atom stereocenters. The second-order valence-electron chi connectivity index (χ2n) is 5.21. The highest BCUT2D eigenvalue weighted by molar-refractivity contribution is 6.31. The van der Waals surface area contributed by atoms with Gasteiger partial charge in [0.15, 0.2) is 0 Å². The van der Waals surface area contributed by atoms with Gasteiger partial charge in [0.25, 0.3) is 0 Å². The van der Waals surface area contributed by atoms with Crippen LogP contribution in [0, 0.1) is 0 Å². The topological polar surface area (TPSA) is 66.8 Å². The van der Waals surface area contributed by atoms with Gasteiger partial charge in [-0.15, -0.1) is 0 Å². The molecule has 2 rings (SSSR count). The normalized spacial score (nSPS) is 11.1. The number of carboxylic acid groups (broad SMARTS) is 1. The minimum atomic E-state index is -4.77. The standard InChI is InChI=1S/C17H13ClF3NO4/c18-12-6-7-13(15(23)24)14(8-12)22(10-17(19,20)21)16(25)26-9-11-4-2-1-3-5-11/h1-8H,9-10H2,(H,23,24). The van der Waals surface area contributed by atoms with Gasteiger partial charge in [-0.2, -0.15) is 13.2 Å². The number of carbonyl (C=O) groups excluding carboxylic acids is 1. The molecule has 26 heavy (non-hydrogen) atoms. The van der Waals surface area contributed by atoms with Crippen molar-refractivity contribution >= 4 is 29.4 Å². The second-order valence-corrected chi connectivity index (χ2v) is 5.64. The third kappa shape index (κ3) is 5.38. The van der Waals surface area contributed by atoms with Gasteiger partial charge in [0, 0.05) is 5.02 Å². The molecule has 5 nitrogen and oxygen atoms in total. The van der Waals surface area contributed by atoms with E-state index in [1.807, 2.05) is 0 Å². The highest BCUT2D eigenvalue weighted by Crippen LogP contribution is 2.29. The summed E-state index contributed by atoms with van der Waals surface area (Å²) in [6, 6.07) is 11.5. The van der Waals surface area contributed by atoms with E-state index in [1.54, 1.807) is 30.3 Å². The Morgan fingerprint density at radius 2 is 1.77 bits per heavy atom. The third-order valence-electron chi connectivity index (χ3n) is 3.24. The molecule has 2 aromatic rings. The van der Waals surface area contributed by atoms with Crippen LogP contribution in [-0.4, -0.2) is 29.9 Å². The molecule has 0 aliphatic carbocycles. The number of hydrogen-bond donors (Lipinski definition) is 1. The van der Waals surface area contributed by atoms with Gasteiger partial charge in [-0.05, 0) is 23.8 Å². The van der Waals surface area contributed by atoms with Crippen LogP contribution in [0.2, 0.25) is 5.02 Å². The summed E-state index contributed by atoms with van der Waals surface area (Å²) in [4.78, 5) is 23.8. The lowest BCUT2D eigenvalue weighted by atomic mass is 10.1. The second kappa shape index (κ2) is 8.09. The van der Waals surface area contributed by atoms with Gasteiger partial charge in [0.05, 0.1) is 11.3 Å². The molecule has 0 spiro atoms. The maximum absolute atomic E-state index is 12.9. The molecule has 0 unspecified atom stereocenters. The number of halogens is 4. The largest absolute Gasteiger partial charge is 0.478 e. The molecule has 1 N–H and O–H groups in total. The van der Waals surface area contributed by atoms with Gasteiger partial charge in [0.2, 0.25) is 0 Å². The van der Waals surface area contributed by atoms with E-state index in [-0.39, 0.29) is 16.5 Å². The number of hydrogen-bond acceptors (Lipinski definition) is 3. The highest BCUT2D eigenvalue weighted by atomic mass is 35.5. The number of benzene rings is 2. The van der Waals surface area contributed by atoms with Gasteiger partial charge >= 0.3 is 18.2 Å². The number of aromatic carboxylic acids is 1. The van der Waals surface area contributed by atoms with E-state index in [0.29, 0.717) is 5.56 Å². The molecule has 0 aliphatic rings. The minimum absolute atomic E-state index is 0.0203. The van der Waals surface area contributed by atoms with Gasteiger partial charge in [-0.3, -0.25) is 4.90 Å². The van der Waals surface area contributed by atoms with Gasteiger partial charge < -0.3 is 9.84 Å². The van der Waals surface area contributed by atoms with Crippen molar-refractivity contribution in [1.82, 2.24) is 0 Å². The fourth-order valence-corrected chi connectivity index (χ4v) is 2.30. The number of anilines is 1. The Hall–Kier alpha value is -2.74. The Balaban J connectivity index is 2.33. The van der Waals surface area contributed by atoms with Crippen LogP contribution >= 0.6 is 11.6 Å². The van der Waals surface area contributed by atoms with Crippen molar-refractivity contribution in [2.24, 2.45) is 0 Å². The predicted molar refractivity (Wildman–Crippen MR) is 88.4 cm³/mol. The molecule has 0 bridgehead atoms. The van der Waals surface area contributed by atoms with Gasteiger partial charge in [-0.25, -0.2) is 9.59 Å². The van der Waals surface area contributed by atoms with Crippen LogP contribution in [-0.2, 0) is 11.3 Å². The number of carbonyl (C=O) groups is 2. The first-order chi connectivity index (χ1) is 12.2. The zero-order valence-corrected chi connectivity index (χ0v) is 13.9. The first-order valence-corrected chi connectivity index (χ1v) is 7.63. The SMILES string of the molecule is O=C(O)c1ccc(Cl)cc1N(CC(F)(F)F)C(=O)OCc1ccccc1. The Labute approximate surface area is 151 Å². The summed E-state index contributed by atoms with van der Waals surface area (Å²) in [5.41, 5.74) is -0.437. The van der Waals surface area contributed by atoms with Crippen LogP contribution in [0.1, 0.15) is 15.9 Å². The lowest BCUT2D eigenvalue weighted by molar-refractivity contribution is -0.119. The number of carboxylic acids is 1. The quantitative estimate of drug-likeness (QED) is 0.804. The maximum Gasteiger partial charge on any atom is 0.414 e. The molecule has 2 aromatic carbocycles. The van der Waals surface area contributed by atoms with Gasteiger partial charge in [-0.1, -0.05) is 41.9 Å². The monoisotopic (exact) mass is 387 g/mol. The van der Waals surface area contributed by atoms with E-state index < -0.39 is 36.0 Å². The number of rotatable bonds is 5. The van der Waals surface area contributed by atoms with Crippen LogP contribution in [0.5, 0.6) is 0 Å². The first-order valence-electron chi connectivity index (χ1n) is 7.25. The zero-order chi connectivity index (χ0) is 19.3. The zero-order valence-electron chi connectivity index (χ0n) is 13.2. The molecule has 0 fully saturated rings. The van der Waals surface area contributed by atoms with Crippen LogP contribution < -0.4 is 4.90 Å². The summed E-state index contributed by atoms with van der Waals surface area (Å²) >= 11 is 5.76. The average Bonchev–Trinajstić information content (AvgIpc) is 2.57. The molecule has 0 aliphatic heterocycles. The Kier molecular flexibility index (Phi) is 6.10. The van der Waals surface area contributed by atoms with E-state index in [1.165, 1.54) is 6.07 Å². The molecule has 0 radical (unpaired) electrons. The van der Waals surface area contributed by atoms with Crippen molar-refractivity contribution in [3.8, 4) is 0 Å². The Morgan fingerprint density at radius 3 is 2.35 bits per heavy atom. The van der Waals surface area contributed by atoms with Crippen molar-refractivity contribution in [1.29, 1.82) is 0 Å². The van der Waals surface area contributed by atoms with E-state index in [2.05, 4.69) is 0 Å². The third-order valence-corrected chi connectivity index (χ3v) is 3.48. The van der Waals surface area contributed by atoms with Crippen molar-refractivity contribution in [2.75, 3.05) is 11.4 Å². The Bertz CT molecular complexity index is 796. The smallest absolute Gasteiger partial charge is 0.414 e. The first kappa shape index (κ1) is 19.6. The van der Waals surface area contributed by atoms with Crippen molar-refractivity contribution in [3.63, 3.8) is 0 Å². The molecule has 0 saturated heterocycles. The van der Waals surface area contributed by atoms with Crippen LogP contribution in [0.15, 0.2) is 48.5 Å². The van der Waals surface area contributed by atoms with Crippen molar-refractivity contribution in [3.05, 3.63) is 64.7 Å². The molecule has 138 valence electrons. The predicted octanol–water partition coefficient (Wildman–Crippen LogP) is 4.74. The molecule has 0 aromatic heterocycles. The van der Waals surface area contributed by atoms with Gasteiger partial charge in [0.1, 0.15) is 13.2 Å². The maximum atomic E-state index is 12.9. The number of nitrogens with zero attached hydrogens (tertiary/aromatic N) is 1. The summed E-state index contributed by atoms with van der Waals surface area (Å²) in [5, 5.41) is 9.17. The average molecular weight is 388 g/mol. The summed E-state index contributed by atoms with van der Waals surface area (Å²) in [6.45, 7) is -1.99. The van der Waals surface area contributed by atoms with Crippen molar-refractivity contribution < 1.29 is 32.6 Å². The number of ether oxygens (including phenoxy) is 1. The Morgan fingerprint density at radius 1 is 1.12 bits per heavy atom. The fourth-order valence-electron chi connectivity index (χ4n) is 2.13. The fraction of sp³-hybridized carbons (Fsp3) is 0.176. The molecular weight excluding hydrogens is 375 g/mol. The highest BCUT2D eigenvalue weighted by Gasteiger charge is 2.36. The lowest BCUT2D eigenvalue weighted by Gasteiger charge is -2.25. The molecular formula is C17H13ClF3NO4. The number of alkyl halides is 3. The van der Waals surface area contributed by atoms with Crippen LogP contribution in [0.3, 0.4) is 0 Å². The summed E-state index contributed by atoms with van der Waals surface area (Å²) in [5.74, 6) is -1.50. The summed E-state index contributed by atoms with van der Waals surface area (Å²) in [6.07, 6.45) is -6.11. The van der Waals surface area contributed by atoms with Crippen LogP contribution in [0.4, 0.5) is 23.7 Å².